The van der Waals surface area contributed by atoms with E-state index in [1.54, 1.807) is 0 Å². The Kier molecular flexibility index (Phi) is 3.15. The maximum absolute atomic E-state index is 5.44. The van der Waals surface area contributed by atoms with Gasteiger partial charge >= 0.3 is 0 Å². The summed E-state index contributed by atoms with van der Waals surface area (Å²) in [5.74, 6) is 0. The largest absolute Gasteiger partial charge is 0.0953 e. The average Bonchev–Trinajstić information content (AvgIpc) is 2.06. The van der Waals surface area contributed by atoms with Gasteiger partial charge in [0, 0.05) is 0 Å². The van der Waals surface area contributed by atoms with Crippen molar-refractivity contribution in [3.05, 3.63) is 42.0 Å². The molecule has 1 heteroatoms. The Hall–Kier alpha value is -0.975. The van der Waals surface area contributed by atoms with E-state index >= 15 is 0 Å². The van der Waals surface area contributed by atoms with Gasteiger partial charge in [-0.15, -0.1) is 0 Å². The van der Waals surface area contributed by atoms with E-state index in [9.17, 15) is 0 Å². The lowest BCUT2D eigenvalue weighted by Crippen LogP contribution is -1.82. The van der Waals surface area contributed by atoms with Crippen LogP contribution in [0.4, 0.5) is 0 Å². The third-order valence-electron chi connectivity index (χ3n) is 1.91. The van der Waals surface area contributed by atoms with E-state index in [0.717, 1.165) is 12.0 Å². The molecule has 0 spiro atoms. The standard InChI is InChI=1S/C11H13B/c1-9-3-5-11(6-4-9)10(2)7-8-12/h3-6H,2,7-8H2,1H3. The molecule has 0 atom stereocenters. The number of hydrogen-bond donors (Lipinski definition) is 0. The molecule has 0 fully saturated rings. The van der Waals surface area contributed by atoms with Crippen molar-refractivity contribution in [2.24, 2.45) is 0 Å². The summed E-state index contributed by atoms with van der Waals surface area (Å²) < 4.78 is 0. The summed E-state index contributed by atoms with van der Waals surface area (Å²) in [6.45, 7) is 6.04. The van der Waals surface area contributed by atoms with Crippen LogP contribution in [0.3, 0.4) is 0 Å². The van der Waals surface area contributed by atoms with E-state index in [-0.39, 0.29) is 0 Å². The van der Waals surface area contributed by atoms with Crippen molar-refractivity contribution in [2.75, 3.05) is 0 Å². The molecule has 0 unspecified atom stereocenters. The van der Waals surface area contributed by atoms with Crippen LogP contribution in [-0.4, -0.2) is 7.85 Å². The fraction of sp³-hybridized carbons (Fsp3) is 0.273. The molecule has 1 rings (SSSR count). The number of benzene rings is 1. The predicted octanol–water partition coefficient (Wildman–Crippen LogP) is 2.99. The molecule has 0 saturated carbocycles. The Balaban J connectivity index is 2.75. The highest BCUT2D eigenvalue weighted by Gasteiger charge is 1.95. The van der Waals surface area contributed by atoms with Crippen molar-refractivity contribution >= 4 is 13.4 Å². The van der Waals surface area contributed by atoms with Gasteiger partial charge in [0.15, 0.2) is 0 Å². The van der Waals surface area contributed by atoms with Crippen LogP contribution in [0.2, 0.25) is 6.32 Å². The first-order valence-corrected chi connectivity index (χ1v) is 4.19. The van der Waals surface area contributed by atoms with Gasteiger partial charge in [-0.05, 0) is 24.5 Å². The van der Waals surface area contributed by atoms with Crippen LogP contribution < -0.4 is 0 Å². The smallest absolute Gasteiger partial charge is 0.0657 e. The minimum absolute atomic E-state index is 0.673. The van der Waals surface area contributed by atoms with Crippen molar-refractivity contribution in [2.45, 2.75) is 19.7 Å². The molecule has 60 valence electrons. The maximum atomic E-state index is 5.44. The first kappa shape index (κ1) is 9.12. The fourth-order valence-corrected chi connectivity index (χ4v) is 1.11. The van der Waals surface area contributed by atoms with Gasteiger partial charge in [-0.25, -0.2) is 0 Å². The Morgan fingerprint density at radius 3 is 2.42 bits per heavy atom. The van der Waals surface area contributed by atoms with Gasteiger partial charge in [-0.2, -0.15) is 0 Å². The number of rotatable bonds is 3. The summed E-state index contributed by atoms with van der Waals surface area (Å²) in [5, 5.41) is 0. The monoisotopic (exact) mass is 156 g/mol. The van der Waals surface area contributed by atoms with Gasteiger partial charge < -0.3 is 0 Å². The molecule has 0 nitrogen and oxygen atoms in total. The molecule has 0 aliphatic carbocycles. The summed E-state index contributed by atoms with van der Waals surface area (Å²) >= 11 is 0. The highest BCUT2D eigenvalue weighted by atomic mass is 14.0. The van der Waals surface area contributed by atoms with Gasteiger partial charge in [0.05, 0.1) is 7.85 Å². The van der Waals surface area contributed by atoms with E-state index < -0.39 is 0 Å². The minimum Gasteiger partial charge on any atom is -0.0953 e. The number of aryl methyl sites for hydroxylation is 1. The lowest BCUT2D eigenvalue weighted by atomic mass is 9.94. The second-order valence-corrected chi connectivity index (χ2v) is 3.01. The predicted molar refractivity (Wildman–Crippen MR) is 55.4 cm³/mol. The molecule has 1 aromatic carbocycles. The van der Waals surface area contributed by atoms with Crippen molar-refractivity contribution in [3.63, 3.8) is 0 Å². The molecule has 12 heavy (non-hydrogen) atoms. The zero-order valence-electron chi connectivity index (χ0n) is 7.51. The third-order valence-corrected chi connectivity index (χ3v) is 1.91. The topological polar surface area (TPSA) is 0 Å². The van der Waals surface area contributed by atoms with Crippen LogP contribution >= 0.6 is 0 Å². The molecule has 0 amide bonds. The van der Waals surface area contributed by atoms with Crippen LogP contribution in [0, 0.1) is 6.92 Å². The lowest BCUT2D eigenvalue weighted by molar-refractivity contribution is 1.23. The van der Waals surface area contributed by atoms with Gasteiger partial charge in [-0.3, -0.25) is 0 Å². The quantitative estimate of drug-likeness (QED) is 0.590. The van der Waals surface area contributed by atoms with Crippen LogP contribution in [0.1, 0.15) is 17.5 Å². The highest BCUT2D eigenvalue weighted by Crippen LogP contribution is 2.17. The molecular weight excluding hydrogens is 143 g/mol. The second-order valence-electron chi connectivity index (χ2n) is 3.01. The average molecular weight is 156 g/mol. The fourth-order valence-electron chi connectivity index (χ4n) is 1.11. The van der Waals surface area contributed by atoms with Gasteiger partial charge in [0.25, 0.3) is 0 Å². The van der Waals surface area contributed by atoms with Gasteiger partial charge in [-0.1, -0.05) is 42.7 Å². The molecule has 0 aliphatic heterocycles. The maximum Gasteiger partial charge on any atom is 0.0657 e. The van der Waals surface area contributed by atoms with E-state index in [1.165, 1.54) is 11.1 Å². The summed E-state index contributed by atoms with van der Waals surface area (Å²) in [7, 11) is 5.44. The summed E-state index contributed by atoms with van der Waals surface area (Å²) in [6, 6.07) is 8.37. The van der Waals surface area contributed by atoms with E-state index in [2.05, 4.69) is 37.8 Å². The molecule has 1 aromatic rings. The molecular formula is C11H13B. The first-order valence-electron chi connectivity index (χ1n) is 4.19. The Morgan fingerprint density at radius 1 is 1.33 bits per heavy atom. The number of allylic oxidation sites excluding steroid dienone is 1. The van der Waals surface area contributed by atoms with Crippen molar-refractivity contribution < 1.29 is 0 Å². The number of hydrogen-bond acceptors (Lipinski definition) is 0. The van der Waals surface area contributed by atoms with Crippen LogP contribution in [0.5, 0.6) is 0 Å². The van der Waals surface area contributed by atoms with E-state index in [4.69, 9.17) is 7.85 Å². The van der Waals surface area contributed by atoms with E-state index in [1.807, 2.05) is 0 Å². The van der Waals surface area contributed by atoms with Crippen LogP contribution in [-0.2, 0) is 0 Å². The van der Waals surface area contributed by atoms with Crippen LogP contribution in [0.25, 0.3) is 5.57 Å². The third kappa shape index (κ3) is 2.26. The molecule has 0 aliphatic rings. The molecule has 0 saturated heterocycles. The zero-order chi connectivity index (χ0) is 8.97. The van der Waals surface area contributed by atoms with E-state index in [0.29, 0.717) is 6.32 Å². The summed E-state index contributed by atoms with van der Waals surface area (Å²) in [5.41, 5.74) is 3.60. The lowest BCUT2D eigenvalue weighted by Gasteiger charge is -2.03. The Labute approximate surface area is 75.7 Å². The molecule has 0 heterocycles. The first-order chi connectivity index (χ1) is 5.74. The van der Waals surface area contributed by atoms with Gasteiger partial charge in [0.2, 0.25) is 0 Å². The second kappa shape index (κ2) is 4.15. The summed E-state index contributed by atoms with van der Waals surface area (Å²) in [6.07, 6.45) is 1.55. The normalized spacial score (nSPS) is 9.75. The van der Waals surface area contributed by atoms with Crippen molar-refractivity contribution in [1.82, 2.24) is 0 Å². The Morgan fingerprint density at radius 2 is 1.92 bits per heavy atom. The van der Waals surface area contributed by atoms with Crippen LogP contribution in [0.15, 0.2) is 30.8 Å². The minimum atomic E-state index is 0.673. The molecule has 0 aromatic heterocycles. The van der Waals surface area contributed by atoms with Crippen molar-refractivity contribution in [1.29, 1.82) is 0 Å². The van der Waals surface area contributed by atoms with Crippen molar-refractivity contribution in [3.8, 4) is 0 Å². The summed E-state index contributed by atoms with van der Waals surface area (Å²) in [4.78, 5) is 0. The SMILES string of the molecule is [B]CCC(=C)c1ccc(C)cc1. The molecule has 0 bridgehead atoms. The molecule has 2 radical (unpaired) electrons. The molecule has 0 N–H and O–H groups in total. The highest BCUT2D eigenvalue weighted by molar-refractivity contribution is 6.09. The Bertz CT molecular complexity index is 259. The van der Waals surface area contributed by atoms with Gasteiger partial charge in [0.1, 0.15) is 0 Å². The zero-order valence-corrected chi connectivity index (χ0v) is 7.51.